The minimum atomic E-state index is 0.501. The second-order valence-corrected chi connectivity index (χ2v) is 14.1. The van der Waals surface area contributed by atoms with Gasteiger partial charge >= 0.3 is 0 Å². The van der Waals surface area contributed by atoms with Crippen molar-refractivity contribution in [3.8, 4) is 0 Å². The average Bonchev–Trinajstić information content (AvgIpc) is 3.42. The van der Waals surface area contributed by atoms with Gasteiger partial charge < -0.3 is 9.80 Å². The molecule has 0 fully saturated rings. The Balaban J connectivity index is 1.52. The maximum atomic E-state index is 2.65. The van der Waals surface area contributed by atoms with E-state index in [0.29, 0.717) is 6.17 Å². The molecule has 0 radical (unpaired) electrons. The van der Waals surface area contributed by atoms with Gasteiger partial charge in [0.15, 0.2) is 0 Å². The van der Waals surface area contributed by atoms with Crippen LogP contribution in [0.15, 0.2) is 42.7 Å². The third kappa shape index (κ3) is 20.6. The lowest BCUT2D eigenvalue weighted by molar-refractivity contribution is 0.148. The van der Waals surface area contributed by atoms with Gasteiger partial charge in [-0.15, -0.1) is 0 Å². The van der Waals surface area contributed by atoms with Gasteiger partial charge in [0, 0.05) is 31.9 Å². The van der Waals surface area contributed by atoms with E-state index in [1.165, 1.54) is 198 Å². The molecule has 0 bridgehead atoms. The first-order valence-corrected chi connectivity index (χ1v) is 20.1. The summed E-state index contributed by atoms with van der Waals surface area (Å²) in [6.07, 6.45) is 46.5. The van der Waals surface area contributed by atoms with E-state index in [0.717, 1.165) is 6.42 Å². The molecule has 2 heteroatoms. The molecule has 1 aromatic carbocycles. The number of rotatable bonds is 32. The molecule has 0 saturated heterocycles. The van der Waals surface area contributed by atoms with Crippen molar-refractivity contribution in [2.24, 2.45) is 0 Å². The van der Waals surface area contributed by atoms with Gasteiger partial charge in [-0.2, -0.15) is 0 Å². The Kier molecular flexibility index (Phi) is 25.5. The summed E-state index contributed by atoms with van der Waals surface area (Å²) in [5, 5.41) is 0. The molecule has 1 aliphatic heterocycles. The second-order valence-electron chi connectivity index (χ2n) is 14.1. The molecule has 44 heavy (non-hydrogen) atoms. The highest BCUT2D eigenvalue weighted by Crippen LogP contribution is 2.23. The summed E-state index contributed by atoms with van der Waals surface area (Å²) >= 11 is 0. The standard InChI is InChI=1S/C42H76N2/c1-3-5-7-9-11-13-15-17-19-21-23-25-27-32-36-43-38-39-44(42(43)40-41-34-30-29-31-35-41)37-33-28-26-24-22-20-18-16-14-12-10-8-6-4-2/h29-31,34-35,38-39,42H,3-28,32-33,36-37,40H2,1-2H3. The summed E-state index contributed by atoms with van der Waals surface area (Å²) < 4.78 is 0. The average molecular weight is 609 g/mol. The molecule has 2 rings (SSSR count). The molecule has 0 atom stereocenters. The zero-order valence-electron chi connectivity index (χ0n) is 29.9. The van der Waals surface area contributed by atoms with Crippen LogP contribution in [0.5, 0.6) is 0 Å². The Morgan fingerprint density at radius 1 is 0.386 bits per heavy atom. The molecule has 1 heterocycles. The lowest BCUT2D eigenvalue weighted by atomic mass is 10.0. The van der Waals surface area contributed by atoms with E-state index < -0.39 is 0 Å². The highest BCUT2D eigenvalue weighted by molar-refractivity contribution is 5.17. The molecular formula is C42H76N2. The minimum Gasteiger partial charge on any atom is -0.356 e. The van der Waals surface area contributed by atoms with Crippen LogP contribution in [-0.4, -0.2) is 29.1 Å². The van der Waals surface area contributed by atoms with Crippen molar-refractivity contribution in [2.45, 2.75) is 206 Å². The zero-order valence-corrected chi connectivity index (χ0v) is 29.9. The summed E-state index contributed by atoms with van der Waals surface area (Å²) in [6, 6.07) is 11.2. The maximum absolute atomic E-state index is 2.65. The Bertz CT molecular complexity index is 701. The van der Waals surface area contributed by atoms with Crippen molar-refractivity contribution in [3.63, 3.8) is 0 Å². The van der Waals surface area contributed by atoms with Gasteiger partial charge in [0.2, 0.25) is 0 Å². The van der Waals surface area contributed by atoms with Gasteiger partial charge in [0.25, 0.3) is 0 Å². The quantitative estimate of drug-likeness (QED) is 0.0751. The van der Waals surface area contributed by atoms with Crippen molar-refractivity contribution in [1.82, 2.24) is 9.80 Å². The topological polar surface area (TPSA) is 6.48 Å². The van der Waals surface area contributed by atoms with E-state index in [1.54, 1.807) is 0 Å². The van der Waals surface area contributed by atoms with Crippen LogP contribution in [0.1, 0.15) is 199 Å². The number of hydrogen-bond acceptors (Lipinski definition) is 2. The first-order valence-electron chi connectivity index (χ1n) is 20.1. The summed E-state index contributed by atoms with van der Waals surface area (Å²) in [5.74, 6) is 0. The van der Waals surface area contributed by atoms with E-state index in [9.17, 15) is 0 Å². The van der Waals surface area contributed by atoms with Crippen molar-refractivity contribution < 1.29 is 0 Å². The molecule has 0 unspecified atom stereocenters. The highest BCUT2D eigenvalue weighted by Gasteiger charge is 2.25. The minimum absolute atomic E-state index is 0.501. The fraction of sp³-hybridized carbons (Fsp3) is 0.810. The number of unbranched alkanes of at least 4 members (excludes halogenated alkanes) is 26. The predicted molar refractivity (Wildman–Crippen MR) is 197 cm³/mol. The number of nitrogens with zero attached hydrogens (tertiary/aromatic N) is 2. The summed E-state index contributed by atoms with van der Waals surface area (Å²) in [5.41, 5.74) is 1.47. The molecule has 0 spiro atoms. The van der Waals surface area contributed by atoms with E-state index in [-0.39, 0.29) is 0 Å². The van der Waals surface area contributed by atoms with Crippen LogP contribution in [0.2, 0.25) is 0 Å². The van der Waals surface area contributed by atoms with E-state index in [4.69, 9.17) is 0 Å². The van der Waals surface area contributed by atoms with Gasteiger partial charge in [-0.05, 0) is 18.4 Å². The van der Waals surface area contributed by atoms with Crippen molar-refractivity contribution >= 4 is 0 Å². The Morgan fingerprint density at radius 3 is 1.00 bits per heavy atom. The van der Waals surface area contributed by atoms with Gasteiger partial charge in [0.05, 0.1) is 0 Å². The summed E-state index contributed by atoms with van der Waals surface area (Å²) in [4.78, 5) is 5.30. The van der Waals surface area contributed by atoms with Crippen LogP contribution in [0.25, 0.3) is 0 Å². The van der Waals surface area contributed by atoms with Crippen LogP contribution in [-0.2, 0) is 6.42 Å². The molecule has 0 saturated carbocycles. The summed E-state index contributed by atoms with van der Waals surface area (Å²) in [7, 11) is 0. The molecule has 0 amide bonds. The third-order valence-electron chi connectivity index (χ3n) is 10.0. The van der Waals surface area contributed by atoms with Crippen molar-refractivity contribution in [1.29, 1.82) is 0 Å². The fourth-order valence-corrected chi connectivity index (χ4v) is 7.04. The summed E-state index contributed by atoms with van der Waals surface area (Å²) in [6.45, 7) is 7.03. The van der Waals surface area contributed by atoms with Crippen molar-refractivity contribution in [2.75, 3.05) is 13.1 Å². The van der Waals surface area contributed by atoms with Gasteiger partial charge in [0.1, 0.15) is 6.17 Å². The molecule has 1 aromatic rings. The first-order chi connectivity index (χ1) is 21.8. The first kappa shape index (κ1) is 38.7. The second kappa shape index (κ2) is 29.0. The molecule has 0 N–H and O–H groups in total. The van der Waals surface area contributed by atoms with E-state index in [1.807, 2.05) is 0 Å². The van der Waals surface area contributed by atoms with Crippen LogP contribution >= 0.6 is 0 Å². The predicted octanol–water partition coefficient (Wildman–Crippen LogP) is 13.6. The smallest absolute Gasteiger partial charge is 0.105 e. The van der Waals surface area contributed by atoms with Crippen LogP contribution in [0.3, 0.4) is 0 Å². The Hall–Kier alpha value is -1.44. The lowest BCUT2D eigenvalue weighted by Crippen LogP contribution is -2.41. The largest absolute Gasteiger partial charge is 0.356 e. The van der Waals surface area contributed by atoms with Crippen LogP contribution in [0, 0.1) is 0 Å². The molecule has 1 aliphatic rings. The van der Waals surface area contributed by atoms with Crippen LogP contribution in [0.4, 0.5) is 0 Å². The number of benzene rings is 1. The zero-order chi connectivity index (χ0) is 31.2. The molecule has 0 aromatic heterocycles. The fourth-order valence-electron chi connectivity index (χ4n) is 7.04. The molecular weight excluding hydrogens is 532 g/mol. The molecule has 0 aliphatic carbocycles. The monoisotopic (exact) mass is 609 g/mol. The Morgan fingerprint density at radius 2 is 0.682 bits per heavy atom. The van der Waals surface area contributed by atoms with E-state index in [2.05, 4.69) is 66.4 Å². The van der Waals surface area contributed by atoms with Gasteiger partial charge in [-0.25, -0.2) is 0 Å². The normalized spacial score (nSPS) is 13.5. The lowest BCUT2D eigenvalue weighted by Gasteiger charge is -2.33. The molecule has 254 valence electrons. The Labute approximate surface area is 276 Å². The van der Waals surface area contributed by atoms with Gasteiger partial charge in [-0.1, -0.05) is 211 Å². The SMILES string of the molecule is CCCCCCCCCCCCCCCCN1C=CN(CCCCCCCCCCCCCCCC)C1Cc1ccccc1. The molecule has 2 nitrogen and oxygen atoms in total. The maximum Gasteiger partial charge on any atom is 0.105 e. The third-order valence-corrected chi connectivity index (χ3v) is 10.0. The van der Waals surface area contributed by atoms with Crippen LogP contribution < -0.4 is 0 Å². The highest BCUT2D eigenvalue weighted by atomic mass is 15.4. The number of hydrogen-bond donors (Lipinski definition) is 0. The van der Waals surface area contributed by atoms with E-state index >= 15 is 0 Å². The van der Waals surface area contributed by atoms with Crippen molar-refractivity contribution in [3.05, 3.63) is 48.3 Å². The van der Waals surface area contributed by atoms with Gasteiger partial charge in [-0.3, -0.25) is 0 Å².